The van der Waals surface area contributed by atoms with Gasteiger partial charge in [0.05, 0.1) is 6.54 Å². The summed E-state index contributed by atoms with van der Waals surface area (Å²) in [6, 6.07) is 16.1. The quantitative estimate of drug-likeness (QED) is 0.546. The average molecular weight is 351 g/mol. The third kappa shape index (κ3) is 3.59. The van der Waals surface area contributed by atoms with Crippen molar-refractivity contribution in [2.75, 3.05) is 20.4 Å². The van der Waals surface area contributed by atoms with Crippen LogP contribution in [0.3, 0.4) is 0 Å². The van der Waals surface area contributed by atoms with Crippen molar-refractivity contribution in [3.63, 3.8) is 0 Å². The first-order valence-corrected chi connectivity index (χ1v) is 8.62. The highest BCUT2D eigenvalue weighted by atomic mass is 16.7. The van der Waals surface area contributed by atoms with E-state index in [0.717, 1.165) is 47.2 Å². The maximum atomic E-state index is 5.81. The summed E-state index contributed by atoms with van der Waals surface area (Å²) in [5.74, 6) is 3.25. The molecule has 0 spiro atoms. The molecule has 26 heavy (non-hydrogen) atoms. The lowest BCUT2D eigenvalue weighted by Crippen LogP contribution is -2.37. The van der Waals surface area contributed by atoms with Gasteiger partial charge in [0, 0.05) is 19.0 Å². The van der Waals surface area contributed by atoms with Crippen LogP contribution in [0.15, 0.2) is 57.9 Å². The lowest BCUT2D eigenvalue weighted by Gasteiger charge is -2.11. The first-order valence-electron chi connectivity index (χ1n) is 8.62. The minimum Gasteiger partial charge on any atom is -0.459 e. The Labute approximate surface area is 151 Å². The standard InChI is InChI=1S/C20H21N3O3/c1-21-20(23-12-16-11-15-4-2-3-5-17(15)26-16)22-9-8-14-6-7-18-19(10-14)25-13-24-18/h2-7,10-11H,8-9,12-13H2,1H3,(H2,21,22,23). The predicted octanol–water partition coefficient (Wildman–Crippen LogP) is 3.07. The molecule has 0 saturated heterocycles. The van der Waals surface area contributed by atoms with E-state index in [9.17, 15) is 0 Å². The molecule has 0 atom stereocenters. The minimum absolute atomic E-state index is 0.301. The molecule has 0 bridgehead atoms. The van der Waals surface area contributed by atoms with Crippen molar-refractivity contribution in [2.45, 2.75) is 13.0 Å². The Hall–Kier alpha value is -3.15. The fourth-order valence-electron chi connectivity index (χ4n) is 2.94. The van der Waals surface area contributed by atoms with Crippen molar-refractivity contribution in [1.29, 1.82) is 0 Å². The monoisotopic (exact) mass is 351 g/mol. The Bertz CT molecular complexity index is 900. The number of furan rings is 1. The topological polar surface area (TPSA) is 68.0 Å². The van der Waals surface area contributed by atoms with Crippen LogP contribution in [0.25, 0.3) is 11.0 Å². The molecule has 134 valence electrons. The van der Waals surface area contributed by atoms with Crippen LogP contribution in [0, 0.1) is 0 Å². The van der Waals surface area contributed by atoms with Gasteiger partial charge in [0.2, 0.25) is 6.79 Å². The van der Waals surface area contributed by atoms with Crippen LogP contribution < -0.4 is 20.1 Å². The van der Waals surface area contributed by atoms with Gasteiger partial charge in [-0.15, -0.1) is 0 Å². The highest BCUT2D eigenvalue weighted by Crippen LogP contribution is 2.32. The van der Waals surface area contributed by atoms with Gasteiger partial charge < -0.3 is 24.5 Å². The van der Waals surface area contributed by atoms with E-state index >= 15 is 0 Å². The molecule has 0 unspecified atom stereocenters. The van der Waals surface area contributed by atoms with Gasteiger partial charge in [-0.25, -0.2) is 0 Å². The molecule has 2 N–H and O–H groups in total. The highest BCUT2D eigenvalue weighted by molar-refractivity contribution is 5.80. The number of fused-ring (bicyclic) bond motifs is 2. The van der Waals surface area contributed by atoms with Crippen LogP contribution in [-0.2, 0) is 13.0 Å². The summed E-state index contributed by atoms with van der Waals surface area (Å²) in [7, 11) is 1.76. The zero-order chi connectivity index (χ0) is 17.8. The number of ether oxygens (including phenoxy) is 2. The Balaban J connectivity index is 1.28. The molecule has 3 aromatic rings. The zero-order valence-electron chi connectivity index (χ0n) is 14.6. The number of nitrogens with one attached hydrogen (secondary N) is 2. The molecular formula is C20H21N3O3. The molecule has 0 fully saturated rings. The van der Waals surface area contributed by atoms with E-state index in [1.54, 1.807) is 7.05 Å². The summed E-state index contributed by atoms with van der Waals surface area (Å²) < 4.78 is 16.6. The van der Waals surface area contributed by atoms with Gasteiger partial charge in [-0.2, -0.15) is 0 Å². The third-order valence-corrected chi connectivity index (χ3v) is 4.27. The molecule has 1 aliphatic rings. The molecule has 0 radical (unpaired) electrons. The van der Waals surface area contributed by atoms with E-state index in [1.807, 2.05) is 42.5 Å². The summed E-state index contributed by atoms with van der Waals surface area (Å²) in [6.07, 6.45) is 0.863. The van der Waals surface area contributed by atoms with E-state index in [1.165, 1.54) is 5.56 Å². The smallest absolute Gasteiger partial charge is 0.231 e. The summed E-state index contributed by atoms with van der Waals surface area (Å²) in [6.45, 7) is 1.65. The van der Waals surface area contributed by atoms with E-state index in [2.05, 4.69) is 21.7 Å². The molecular weight excluding hydrogens is 330 g/mol. The van der Waals surface area contributed by atoms with Crippen molar-refractivity contribution in [1.82, 2.24) is 10.6 Å². The highest BCUT2D eigenvalue weighted by Gasteiger charge is 2.13. The summed E-state index contributed by atoms with van der Waals surface area (Å²) in [5, 5.41) is 7.70. The maximum Gasteiger partial charge on any atom is 0.231 e. The summed E-state index contributed by atoms with van der Waals surface area (Å²) in [4.78, 5) is 4.25. The van der Waals surface area contributed by atoms with Crippen LogP contribution in [0.4, 0.5) is 0 Å². The predicted molar refractivity (Wildman–Crippen MR) is 101 cm³/mol. The molecule has 2 heterocycles. The second-order valence-electron chi connectivity index (χ2n) is 6.04. The van der Waals surface area contributed by atoms with E-state index in [-0.39, 0.29) is 0 Å². The molecule has 4 rings (SSSR count). The van der Waals surface area contributed by atoms with Crippen molar-refractivity contribution in [3.05, 3.63) is 59.9 Å². The van der Waals surface area contributed by atoms with Crippen LogP contribution in [0.1, 0.15) is 11.3 Å². The van der Waals surface area contributed by atoms with Gasteiger partial charge >= 0.3 is 0 Å². The second-order valence-corrected chi connectivity index (χ2v) is 6.04. The van der Waals surface area contributed by atoms with Crippen molar-refractivity contribution in [3.8, 4) is 11.5 Å². The normalized spacial score (nSPS) is 13.2. The average Bonchev–Trinajstić information content (AvgIpc) is 3.30. The van der Waals surface area contributed by atoms with Crippen LogP contribution >= 0.6 is 0 Å². The number of rotatable bonds is 5. The van der Waals surface area contributed by atoms with Crippen molar-refractivity contribution >= 4 is 16.9 Å². The number of hydrogen-bond donors (Lipinski definition) is 2. The minimum atomic E-state index is 0.301. The maximum absolute atomic E-state index is 5.81. The second kappa shape index (κ2) is 7.39. The van der Waals surface area contributed by atoms with Gasteiger partial charge in [-0.3, -0.25) is 4.99 Å². The molecule has 1 aliphatic heterocycles. The van der Waals surface area contributed by atoms with Crippen molar-refractivity contribution in [2.24, 2.45) is 4.99 Å². The fraction of sp³-hybridized carbons (Fsp3) is 0.250. The van der Waals surface area contributed by atoms with Gasteiger partial charge in [-0.05, 0) is 36.2 Å². The van der Waals surface area contributed by atoms with Crippen LogP contribution in [-0.4, -0.2) is 26.3 Å². The first kappa shape index (κ1) is 16.3. The Morgan fingerprint density at radius 3 is 2.81 bits per heavy atom. The fourth-order valence-corrected chi connectivity index (χ4v) is 2.94. The SMILES string of the molecule is CN=C(NCCc1ccc2c(c1)OCO2)NCc1cc2ccccc2o1. The number of nitrogens with zero attached hydrogens (tertiary/aromatic N) is 1. The van der Waals surface area contributed by atoms with Crippen LogP contribution in [0.5, 0.6) is 11.5 Å². The molecule has 0 saturated carbocycles. The third-order valence-electron chi connectivity index (χ3n) is 4.27. The molecule has 0 amide bonds. The number of para-hydroxylation sites is 1. The van der Waals surface area contributed by atoms with E-state index in [0.29, 0.717) is 13.3 Å². The zero-order valence-corrected chi connectivity index (χ0v) is 14.6. The van der Waals surface area contributed by atoms with Gasteiger partial charge in [0.25, 0.3) is 0 Å². The van der Waals surface area contributed by atoms with E-state index in [4.69, 9.17) is 13.9 Å². The van der Waals surface area contributed by atoms with Gasteiger partial charge in [0.1, 0.15) is 11.3 Å². The molecule has 2 aromatic carbocycles. The lowest BCUT2D eigenvalue weighted by atomic mass is 10.1. The van der Waals surface area contributed by atoms with Crippen LogP contribution in [0.2, 0.25) is 0 Å². The van der Waals surface area contributed by atoms with Crippen molar-refractivity contribution < 1.29 is 13.9 Å². The first-order chi connectivity index (χ1) is 12.8. The van der Waals surface area contributed by atoms with Gasteiger partial charge in [-0.1, -0.05) is 24.3 Å². The number of benzene rings is 2. The number of hydrogen-bond acceptors (Lipinski definition) is 4. The number of aliphatic imine (C=N–C) groups is 1. The molecule has 6 heteroatoms. The summed E-state index contributed by atoms with van der Waals surface area (Å²) in [5.41, 5.74) is 2.09. The molecule has 1 aromatic heterocycles. The molecule has 0 aliphatic carbocycles. The van der Waals surface area contributed by atoms with Gasteiger partial charge in [0.15, 0.2) is 17.5 Å². The Morgan fingerprint density at radius 2 is 1.92 bits per heavy atom. The summed E-state index contributed by atoms with van der Waals surface area (Å²) >= 11 is 0. The Kier molecular flexibility index (Phi) is 4.64. The number of guanidine groups is 1. The molecule has 6 nitrogen and oxygen atoms in total. The van der Waals surface area contributed by atoms with E-state index < -0.39 is 0 Å². The Morgan fingerprint density at radius 1 is 1.04 bits per heavy atom. The largest absolute Gasteiger partial charge is 0.459 e. The lowest BCUT2D eigenvalue weighted by molar-refractivity contribution is 0.174.